The summed E-state index contributed by atoms with van der Waals surface area (Å²) in [5.41, 5.74) is 1.40. The number of carbonyl (C=O) groups is 1. The van der Waals surface area contributed by atoms with Crippen LogP contribution in [-0.2, 0) is 4.79 Å². The van der Waals surface area contributed by atoms with Crippen molar-refractivity contribution in [1.82, 2.24) is 0 Å². The fraction of sp³-hybridized carbons (Fsp3) is 0.750. The number of carbonyl (C=O) groups excluding carboxylic acids is 1. The third-order valence-corrected chi connectivity index (χ3v) is 4.54. The van der Waals surface area contributed by atoms with Crippen LogP contribution in [0, 0.1) is 10.8 Å². The summed E-state index contributed by atoms with van der Waals surface area (Å²) in [4.78, 5) is 12.0. The molecule has 1 fully saturated rings. The first-order valence-electron chi connectivity index (χ1n) is 5.21. The largest absolute Gasteiger partial charge is 0.299 e. The highest BCUT2D eigenvalue weighted by Gasteiger charge is 2.54. The van der Waals surface area contributed by atoms with Crippen LogP contribution in [0.3, 0.4) is 0 Å². The molecule has 1 nitrogen and oxygen atoms in total. The molecule has 2 aliphatic rings. The van der Waals surface area contributed by atoms with Gasteiger partial charge in [0.25, 0.3) is 0 Å². The van der Waals surface area contributed by atoms with E-state index < -0.39 is 0 Å². The maximum atomic E-state index is 12.0. The molecule has 2 atom stereocenters. The van der Waals surface area contributed by atoms with Gasteiger partial charge < -0.3 is 0 Å². The summed E-state index contributed by atoms with van der Waals surface area (Å²) < 4.78 is 0. The van der Waals surface area contributed by atoms with E-state index in [0.29, 0.717) is 5.78 Å². The molecular formula is C12H18O. The van der Waals surface area contributed by atoms with E-state index in [1.54, 1.807) is 0 Å². The zero-order chi connectivity index (χ0) is 9.69. The quantitative estimate of drug-likeness (QED) is 0.521. The molecule has 13 heavy (non-hydrogen) atoms. The molecule has 1 saturated carbocycles. The van der Waals surface area contributed by atoms with Crippen LogP contribution in [0.1, 0.15) is 46.5 Å². The second-order valence-electron chi connectivity index (χ2n) is 5.05. The molecule has 0 aliphatic heterocycles. The number of rotatable bonds is 0. The van der Waals surface area contributed by atoms with Gasteiger partial charge in [0.15, 0.2) is 0 Å². The van der Waals surface area contributed by atoms with Gasteiger partial charge >= 0.3 is 0 Å². The van der Waals surface area contributed by atoms with Crippen LogP contribution in [-0.4, -0.2) is 5.78 Å². The molecule has 0 N–H and O–H groups in total. The average molecular weight is 178 g/mol. The van der Waals surface area contributed by atoms with E-state index in [4.69, 9.17) is 0 Å². The van der Waals surface area contributed by atoms with Gasteiger partial charge in [0.05, 0.1) is 5.41 Å². The van der Waals surface area contributed by atoms with E-state index in [0.717, 1.165) is 19.3 Å². The predicted octanol–water partition coefficient (Wildman–Crippen LogP) is 3.10. The van der Waals surface area contributed by atoms with E-state index in [-0.39, 0.29) is 10.8 Å². The van der Waals surface area contributed by atoms with Crippen LogP contribution >= 0.6 is 0 Å². The van der Waals surface area contributed by atoms with Gasteiger partial charge in [-0.2, -0.15) is 0 Å². The Morgan fingerprint density at radius 2 is 2.08 bits per heavy atom. The van der Waals surface area contributed by atoms with Crippen LogP contribution in [0.2, 0.25) is 0 Å². The van der Waals surface area contributed by atoms with Crippen molar-refractivity contribution < 1.29 is 4.79 Å². The van der Waals surface area contributed by atoms with E-state index in [1.807, 2.05) is 0 Å². The van der Waals surface area contributed by atoms with E-state index in [1.165, 1.54) is 12.0 Å². The first-order valence-corrected chi connectivity index (χ1v) is 5.21. The summed E-state index contributed by atoms with van der Waals surface area (Å²) in [5, 5.41) is 0. The lowest BCUT2D eigenvalue weighted by Crippen LogP contribution is -2.44. The summed E-state index contributed by atoms with van der Waals surface area (Å²) in [5.74, 6) is 0.465. The Bertz CT molecular complexity index is 289. The highest BCUT2D eigenvalue weighted by Crippen LogP contribution is 2.58. The van der Waals surface area contributed by atoms with Gasteiger partial charge in [-0.25, -0.2) is 0 Å². The number of fused-ring (bicyclic) bond motifs is 1. The Hall–Kier alpha value is -0.590. The van der Waals surface area contributed by atoms with Crippen molar-refractivity contribution >= 4 is 5.78 Å². The highest BCUT2D eigenvalue weighted by molar-refractivity contribution is 5.89. The average Bonchev–Trinajstić information content (AvgIpc) is 2.31. The van der Waals surface area contributed by atoms with Gasteiger partial charge in [0.2, 0.25) is 0 Å². The normalized spacial score (nSPS) is 44.5. The molecular weight excluding hydrogens is 160 g/mol. The van der Waals surface area contributed by atoms with Crippen molar-refractivity contribution in [2.45, 2.75) is 46.5 Å². The monoisotopic (exact) mass is 178 g/mol. The number of hydrogen-bond acceptors (Lipinski definition) is 1. The first-order chi connectivity index (χ1) is 6.01. The molecule has 0 aromatic carbocycles. The third kappa shape index (κ3) is 0.905. The Kier molecular flexibility index (Phi) is 1.70. The SMILES string of the molecule is CC1=CC[C@]2(C)CCCC(=O)[C@]12C. The second-order valence-corrected chi connectivity index (χ2v) is 5.05. The molecule has 72 valence electrons. The van der Waals surface area contributed by atoms with Gasteiger partial charge in [0.1, 0.15) is 5.78 Å². The standard InChI is InChI=1S/C12H18O/c1-9-6-8-11(2)7-4-5-10(13)12(9,11)3/h6H,4-5,7-8H2,1-3H3/t11-,12-/m0/s1. The van der Waals surface area contributed by atoms with Crippen molar-refractivity contribution in [1.29, 1.82) is 0 Å². The fourth-order valence-corrected chi connectivity index (χ4v) is 3.06. The van der Waals surface area contributed by atoms with Crippen molar-refractivity contribution in [2.75, 3.05) is 0 Å². The zero-order valence-corrected chi connectivity index (χ0v) is 8.81. The van der Waals surface area contributed by atoms with Crippen LogP contribution in [0.5, 0.6) is 0 Å². The highest BCUT2D eigenvalue weighted by atomic mass is 16.1. The molecule has 2 rings (SSSR count). The van der Waals surface area contributed by atoms with E-state index >= 15 is 0 Å². The molecule has 0 saturated heterocycles. The van der Waals surface area contributed by atoms with Crippen molar-refractivity contribution in [3.05, 3.63) is 11.6 Å². The van der Waals surface area contributed by atoms with Gasteiger partial charge in [-0.05, 0) is 38.5 Å². The molecule has 0 heterocycles. The maximum Gasteiger partial charge on any atom is 0.143 e. The maximum absolute atomic E-state index is 12.0. The van der Waals surface area contributed by atoms with Crippen molar-refractivity contribution in [2.24, 2.45) is 10.8 Å². The van der Waals surface area contributed by atoms with Gasteiger partial charge in [-0.1, -0.05) is 18.6 Å². The lowest BCUT2D eigenvalue weighted by Gasteiger charge is -2.45. The Labute approximate surface area is 80.2 Å². The molecule has 0 spiro atoms. The minimum atomic E-state index is -0.134. The molecule has 0 aromatic rings. The number of allylic oxidation sites excluding steroid dienone is 2. The smallest absolute Gasteiger partial charge is 0.143 e. The van der Waals surface area contributed by atoms with Crippen LogP contribution in [0.25, 0.3) is 0 Å². The lowest BCUT2D eigenvalue weighted by molar-refractivity contribution is -0.135. The molecule has 0 unspecified atom stereocenters. The Morgan fingerprint density at radius 1 is 1.38 bits per heavy atom. The fourth-order valence-electron chi connectivity index (χ4n) is 3.06. The van der Waals surface area contributed by atoms with E-state index in [2.05, 4.69) is 26.8 Å². The summed E-state index contributed by atoms with van der Waals surface area (Å²) in [7, 11) is 0. The molecule has 0 bridgehead atoms. The first kappa shape index (κ1) is 8.98. The van der Waals surface area contributed by atoms with Gasteiger partial charge in [-0.15, -0.1) is 0 Å². The number of hydrogen-bond donors (Lipinski definition) is 0. The lowest BCUT2D eigenvalue weighted by atomic mass is 9.57. The Morgan fingerprint density at radius 3 is 2.69 bits per heavy atom. The van der Waals surface area contributed by atoms with Crippen LogP contribution in [0.15, 0.2) is 11.6 Å². The second kappa shape index (κ2) is 2.46. The summed E-state index contributed by atoms with van der Waals surface area (Å²) in [6, 6.07) is 0. The molecule has 1 heteroatoms. The molecule has 2 aliphatic carbocycles. The van der Waals surface area contributed by atoms with Crippen LogP contribution < -0.4 is 0 Å². The number of Topliss-reactive ketones (excluding diaryl/α,β-unsaturated/α-hetero) is 1. The molecule has 0 aromatic heterocycles. The van der Waals surface area contributed by atoms with E-state index in [9.17, 15) is 4.79 Å². The predicted molar refractivity (Wildman–Crippen MR) is 53.4 cm³/mol. The zero-order valence-electron chi connectivity index (χ0n) is 8.81. The Balaban J connectivity index is 2.47. The number of ketones is 1. The van der Waals surface area contributed by atoms with Crippen LogP contribution in [0.4, 0.5) is 0 Å². The third-order valence-electron chi connectivity index (χ3n) is 4.54. The molecule has 0 amide bonds. The van der Waals surface area contributed by atoms with Gasteiger partial charge in [-0.3, -0.25) is 4.79 Å². The minimum absolute atomic E-state index is 0.134. The summed E-state index contributed by atoms with van der Waals surface area (Å²) in [6.45, 7) is 6.54. The summed E-state index contributed by atoms with van der Waals surface area (Å²) >= 11 is 0. The topological polar surface area (TPSA) is 17.1 Å². The molecule has 0 radical (unpaired) electrons. The van der Waals surface area contributed by atoms with Crippen molar-refractivity contribution in [3.63, 3.8) is 0 Å². The van der Waals surface area contributed by atoms with Crippen molar-refractivity contribution in [3.8, 4) is 0 Å². The summed E-state index contributed by atoms with van der Waals surface area (Å²) in [6.07, 6.45) is 6.46. The van der Waals surface area contributed by atoms with Gasteiger partial charge in [0, 0.05) is 6.42 Å². The minimum Gasteiger partial charge on any atom is -0.299 e.